The standard InChI is InChI=1S/C12H22N4.ClH/c1-10(2)16-9-11(7-14-16)8-15-5-3-12(13)4-6-15;/h7,9-10,12H,3-6,8,13H2,1-2H3;1H. The summed E-state index contributed by atoms with van der Waals surface area (Å²) in [5.41, 5.74) is 7.20. The van der Waals surface area contributed by atoms with Gasteiger partial charge < -0.3 is 5.73 Å². The average Bonchev–Trinajstić information content (AvgIpc) is 2.70. The molecule has 1 aromatic rings. The van der Waals surface area contributed by atoms with Crippen molar-refractivity contribution in [2.75, 3.05) is 13.1 Å². The predicted octanol–water partition coefficient (Wildman–Crippen LogP) is 1.81. The van der Waals surface area contributed by atoms with Gasteiger partial charge in [0.2, 0.25) is 0 Å². The molecular weight excluding hydrogens is 236 g/mol. The maximum absolute atomic E-state index is 5.89. The number of likely N-dealkylation sites (tertiary alicyclic amines) is 1. The highest BCUT2D eigenvalue weighted by Gasteiger charge is 2.16. The molecule has 0 radical (unpaired) electrons. The number of nitrogens with zero attached hydrogens (tertiary/aromatic N) is 3. The van der Waals surface area contributed by atoms with Gasteiger partial charge in [0.25, 0.3) is 0 Å². The molecule has 0 spiro atoms. The van der Waals surface area contributed by atoms with Crippen LogP contribution in [0.5, 0.6) is 0 Å². The van der Waals surface area contributed by atoms with Crippen molar-refractivity contribution in [2.45, 2.75) is 45.3 Å². The lowest BCUT2D eigenvalue weighted by Crippen LogP contribution is -2.39. The van der Waals surface area contributed by atoms with E-state index >= 15 is 0 Å². The van der Waals surface area contributed by atoms with E-state index in [0.717, 1.165) is 32.5 Å². The Kier molecular flexibility index (Phi) is 5.43. The van der Waals surface area contributed by atoms with E-state index < -0.39 is 0 Å². The first kappa shape index (κ1) is 14.5. The molecule has 1 saturated heterocycles. The van der Waals surface area contributed by atoms with E-state index in [0.29, 0.717) is 12.1 Å². The van der Waals surface area contributed by atoms with Crippen molar-refractivity contribution in [1.82, 2.24) is 14.7 Å². The van der Waals surface area contributed by atoms with Gasteiger partial charge in [-0.1, -0.05) is 0 Å². The average molecular weight is 259 g/mol. The molecule has 1 aliphatic rings. The number of hydrogen-bond acceptors (Lipinski definition) is 3. The Morgan fingerprint density at radius 1 is 1.41 bits per heavy atom. The summed E-state index contributed by atoms with van der Waals surface area (Å²) in [4.78, 5) is 2.46. The van der Waals surface area contributed by atoms with Gasteiger partial charge in [0.15, 0.2) is 0 Å². The fourth-order valence-corrected chi connectivity index (χ4v) is 2.11. The molecule has 0 aromatic carbocycles. The first-order valence-corrected chi connectivity index (χ1v) is 6.16. The maximum Gasteiger partial charge on any atom is 0.0534 e. The molecule has 0 bridgehead atoms. The summed E-state index contributed by atoms with van der Waals surface area (Å²) >= 11 is 0. The van der Waals surface area contributed by atoms with Gasteiger partial charge in [0.05, 0.1) is 6.20 Å². The van der Waals surface area contributed by atoms with Crippen molar-refractivity contribution in [3.05, 3.63) is 18.0 Å². The largest absolute Gasteiger partial charge is 0.328 e. The Morgan fingerprint density at radius 2 is 2.06 bits per heavy atom. The SMILES string of the molecule is CC(C)n1cc(CN2CCC(N)CC2)cn1.Cl. The topological polar surface area (TPSA) is 47.1 Å². The van der Waals surface area contributed by atoms with Crippen molar-refractivity contribution >= 4 is 12.4 Å². The van der Waals surface area contributed by atoms with Gasteiger partial charge in [-0.25, -0.2) is 0 Å². The summed E-state index contributed by atoms with van der Waals surface area (Å²) in [6.45, 7) is 7.55. The van der Waals surface area contributed by atoms with Crippen LogP contribution in [0.25, 0.3) is 0 Å². The molecule has 0 saturated carbocycles. The van der Waals surface area contributed by atoms with E-state index in [-0.39, 0.29) is 12.4 Å². The Labute approximate surface area is 110 Å². The van der Waals surface area contributed by atoms with Crippen LogP contribution in [0.4, 0.5) is 0 Å². The van der Waals surface area contributed by atoms with Gasteiger partial charge >= 0.3 is 0 Å². The second kappa shape index (κ2) is 6.38. The lowest BCUT2D eigenvalue weighted by molar-refractivity contribution is 0.205. The molecule has 1 aliphatic heterocycles. The van der Waals surface area contributed by atoms with Gasteiger partial charge in [0.1, 0.15) is 0 Å². The van der Waals surface area contributed by atoms with E-state index in [1.807, 2.05) is 10.9 Å². The third kappa shape index (κ3) is 3.98. The van der Waals surface area contributed by atoms with Crippen LogP contribution in [0, 0.1) is 0 Å². The van der Waals surface area contributed by atoms with Crippen molar-refractivity contribution in [3.8, 4) is 0 Å². The zero-order valence-electron chi connectivity index (χ0n) is 10.7. The highest BCUT2D eigenvalue weighted by atomic mass is 35.5. The Hall–Kier alpha value is -0.580. The van der Waals surface area contributed by atoms with E-state index in [9.17, 15) is 0 Å². The van der Waals surface area contributed by atoms with E-state index in [1.165, 1.54) is 5.56 Å². The van der Waals surface area contributed by atoms with Gasteiger partial charge in [-0.2, -0.15) is 5.10 Å². The number of nitrogens with two attached hydrogens (primary N) is 1. The third-order valence-electron chi connectivity index (χ3n) is 3.22. The van der Waals surface area contributed by atoms with Crippen molar-refractivity contribution in [3.63, 3.8) is 0 Å². The van der Waals surface area contributed by atoms with Crippen LogP contribution in [-0.4, -0.2) is 33.8 Å². The third-order valence-corrected chi connectivity index (χ3v) is 3.22. The zero-order valence-corrected chi connectivity index (χ0v) is 11.5. The number of rotatable bonds is 3. The van der Waals surface area contributed by atoms with Gasteiger partial charge in [0, 0.05) is 30.4 Å². The Morgan fingerprint density at radius 3 is 2.59 bits per heavy atom. The number of halogens is 1. The number of hydrogen-bond donors (Lipinski definition) is 1. The molecule has 2 rings (SSSR count). The van der Waals surface area contributed by atoms with Crippen molar-refractivity contribution < 1.29 is 0 Å². The maximum atomic E-state index is 5.89. The summed E-state index contributed by atoms with van der Waals surface area (Å²) in [6.07, 6.45) is 6.38. The normalized spacial score (nSPS) is 18.4. The molecule has 0 amide bonds. The highest BCUT2D eigenvalue weighted by molar-refractivity contribution is 5.85. The Balaban J connectivity index is 0.00000144. The minimum Gasteiger partial charge on any atom is -0.328 e. The molecule has 0 atom stereocenters. The second-order valence-electron chi connectivity index (χ2n) is 5.04. The molecule has 1 fully saturated rings. The fourth-order valence-electron chi connectivity index (χ4n) is 2.11. The molecule has 5 heteroatoms. The monoisotopic (exact) mass is 258 g/mol. The summed E-state index contributed by atoms with van der Waals surface area (Å²) in [6, 6.07) is 0.859. The van der Waals surface area contributed by atoms with E-state index in [4.69, 9.17) is 5.73 Å². The summed E-state index contributed by atoms with van der Waals surface area (Å²) in [7, 11) is 0. The van der Waals surface area contributed by atoms with Gasteiger partial charge in [-0.05, 0) is 39.8 Å². The van der Waals surface area contributed by atoms with Crippen LogP contribution in [0.2, 0.25) is 0 Å². The highest BCUT2D eigenvalue weighted by Crippen LogP contribution is 2.13. The molecule has 2 heterocycles. The molecule has 98 valence electrons. The molecular formula is C12H23ClN4. The van der Waals surface area contributed by atoms with Crippen LogP contribution in [-0.2, 0) is 6.54 Å². The van der Waals surface area contributed by atoms with Crippen molar-refractivity contribution in [2.24, 2.45) is 5.73 Å². The Bertz CT molecular complexity index is 329. The first-order valence-electron chi connectivity index (χ1n) is 6.16. The van der Waals surface area contributed by atoms with Crippen molar-refractivity contribution in [1.29, 1.82) is 0 Å². The second-order valence-corrected chi connectivity index (χ2v) is 5.04. The van der Waals surface area contributed by atoms with Crippen LogP contribution in [0.3, 0.4) is 0 Å². The predicted molar refractivity (Wildman–Crippen MR) is 72.3 cm³/mol. The first-order chi connectivity index (χ1) is 7.65. The summed E-state index contributed by atoms with van der Waals surface area (Å²) < 4.78 is 2.02. The molecule has 0 aliphatic carbocycles. The lowest BCUT2D eigenvalue weighted by atomic mass is 10.1. The van der Waals surface area contributed by atoms with Crippen LogP contribution >= 0.6 is 12.4 Å². The van der Waals surface area contributed by atoms with E-state index in [1.54, 1.807) is 0 Å². The van der Waals surface area contributed by atoms with Crippen LogP contribution < -0.4 is 5.73 Å². The summed E-state index contributed by atoms with van der Waals surface area (Å²) in [5.74, 6) is 0. The number of piperidine rings is 1. The fraction of sp³-hybridized carbons (Fsp3) is 0.750. The molecule has 17 heavy (non-hydrogen) atoms. The van der Waals surface area contributed by atoms with Gasteiger partial charge in [-0.3, -0.25) is 9.58 Å². The lowest BCUT2D eigenvalue weighted by Gasteiger charge is -2.29. The molecule has 1 aromatic heterocycles. The quantitative estimate of drug-likeness (QED) is 0.900. The van der Waals surface area contributed by atoms with Gasteiger partial charge in [-0.15, -0.1) is 12.4 Å². The minimum absolute atomic E-state index is 0. The smallest absolute Gasteiger partial charge is 0.0534 e. The molecule has 0 unspecified atom stereocenters. The minimum atomic E-state index is 0. The molecule has 4 nitrogen and oxygen atoms in total. The van der Waals surface area contributed by atoms with Crippen LogP contribution in [0.15, 0.2) is 12.4 Å². The number of aromatic nitrogens is 2. The summed E-state index contributed by atoms with van der Waals surface area (Å²) in [5, 5.41) is 4.36. The van der Waals surface area contributed by atoms with Crippen LogP contribution in [0.1, 0.15) is 38.3 Å². The van der Waals surface area contributed by atoms with E-state index in [2.05, 4.69) is 30.0 Å². The zero-order chi connectivity index (χ0) is 11.5. The molecule has 2 N–H and O–H groups in total.